The molecule has 0 aromatic heterocycles. The van der Waals surface area contributed by atoms with Gasteiger partial charge in [0.15, 0.2) is 0 Å². The maximum absolute atomic E-state index is 12.3. The zero-order valence-electron chi connectivity index (χ0n) is 12.0. The van der Waals surface area contributed by atoms with Crippen LogP contribution in [-0.2, 0) is 4.79 Å². The number of aliphatic hydroxyl groups excluding tert-OH is 1. The molecular formula is C15H28N2O2. The highest BCUT2D eigenvalue weighted by Gasteiger charge is 2.31. The minimum Gasteiger partial charge on any atom is -0.391 e. The number of carbonyl (C=O) groups is 1. The Morgan fingerprint density at radius 3 is 2.63 bits per heavy atom. The molecule has 5 atom stereocenters. The van der Waals surface area contributed by atoms with Crippen LogP contribution < -0.4 is 11.1 Å². The molecule has 4 heteroatoms. The Kier molecular flexibility index (Phi) is 5.22. The zero-order chi connectivity index (χ0) is 13.8. The van der Waals surface area contributed by atoms with Gasteiger partial charge >= 0.3 is 0 Å². The number of carbonyl (C=O) groups excluding carboxylic acids is 1. The molecule has 0 spiro atoms. The van der Waals surface area contributed by atoms with E-state index in [-0.39, 0.29) is 30.0 Å². The molecule has 0 aromatic rings. The van der Waals surface area contributed by atoms with E-state index in [1.54, 1.807) is 0 Å². The zero-order valence-corrected chi connectivity index (χ0v) is 12.0. The van der Waals surface area contributed by atoms with Gasteiger partial charge in [0.25, 0.3) is 0 Å². The average molecular weight is 268 g/mol. The van der Waals surface area contributed by atoms with Gasteiger partial charge in [-0.1, -0.05) is 26.2 Å². The van der Waals surface area contributed by atoms with E-state index in [2.05, 4.69) is 12.2 Å². The first-order valence-corrected chi connectivity index (χ1v) is 7.80. The predicted octanol–water partition coefficient (Wildman–Crippen LogP) is 1.56. The van der Waals surface area contributed by atoms with Crippen LogP contribution in [-0.4, -0.2) is 29.2 Å². The van der Waals surface area contributed by atoms with E-state index in [0.717, 1.165) is 51.4 Å². The van der Waals surface area contributed by atoms with E-state index in [9.17, 15) is 9.90 Å². The second kappa shape index (κ2) is 6.71. The van der Waals surface area contributed by atoms with Gasteiger partial charge in [-0.2, -0.15) is 0 Å². The molecule has 0 aliphatic heterocycles. The summed E-state index contributed by atoms with van der Waals surface area (Å²) in [5.41, 5.74) is 6.01. The van der Waals surface area contributed by atoms with Gasteiger partial charge in [0.05, 0.1) is 12.1 Å². The van der Waals surface area contributed by atoms with E-state index in [0.29, 0.717) is 5.92 Å². The number of nitrogens with two attached hydrogens (primary N) is 1. The van der Waals surface area contributed by atoms with Gasteiger partial charge in [0.2, 0.25) is 5.91 Å². The molecule has 0 radical (unpaired) electrons. The number of amides is 1. The molecule has 2 aliphatic carbocycles. The summed E-state index contributed by atoms with van der Waals surface area (Å²) in [7, 11) is 0. The fourth-order valence-corrected chi connectivity index (χ4v) is 3.63. The van der Waals surface area contributed by atoms with Crippen LogP contribution in [0.25, 0.3) is 0 Å². The minimum absolute atomic E-state index is 0.0363. The molecule has 2 aliphatic rings. The molecular weight excluding hydrogens is 240 g/mol. The van der Waals surface area contributed by atoms with Gasteiger partial charge in [-0.05, 0) is 38.0 Å². The molecule has 0 bridgehead atoms. The van der Waals surface area contributed by atoms with Crippen molar-refractivity contribution < 1.29 is 9.90 Å². The first-order chi connectivity index (χ1) is 9.06. The fourth-order valence-electron chi connectivity index (χ4n) is 3.63. The number of aliphatic hydroxyl groups is 1. The van der Waals surface area contributed by atoms with Crippen LogP contribution >= 0.6 is 0 Å². The summed E-state index contributed by atoms with van der Waals surface area (Å²) < 4.78 is 0. The van der Waals surface area contributed by atoms with Gasteiger partial charge in [0, 0.05) is 12.0 Å². The first kappa shape index (κ1) is 14.8. The quantitative estimate of drug-likeness (QED) is 0.665. The largest absolute Gasteiger partial charge is 0.391 e. The molecule has 19 heavy (non-hydrogen) atoms. The molecule has 2 fully saturated rings. The molecule has 2 rings (SSSR count). The Bertz CT molecular complexity index is 299. The van der Waals surface area contributed by atoms with Crippen LogP contribution in [0.5, 0.6) is 0 Å². The van der Waals surface area contributed by atoms with Crippen LogP contribution in [0.2, 0.25) is 0 Å². The topological polar surface area (TPSA) is 75.4 Å². The van der Waals surface area contributed by atoms with Gasteiger partial charge in [-0.3, -0.25) is 4.79 Å². The van der Waals surface area contributed by atoms with Gasteiger partial charge < -0.3 is 16.2 Å². The van der Waals surface area contributed by atoms with E-state index < -0.39 is 0 Å². The van der Waals surface area contributed by atoms with Crippen molar-refractivity contribution in [3.63, 3.8) is 0 Å². The van der Waals surface area contributed by atoms with Crippen molar-refractivity contribution >= 4 is 5.91 Å². The second-order valence-corrected chi connectivity index (χ2v) is 6.59. The molecule has 4 nitrogen and oxygen atoms in total. The lowest BCUT2D eigenvalue weighted by molar-refractivity contribution is -0.128. The maximum Gasteiger partial charge on any atom is 0.223 e. The third-order valence-electron chi connectivity index (χ3n) is 4.66. The molecule has 0 aromatic carbocycles. The Morgan fingerprint density at radius 1 is 1.16 bits per heavy atom. The summed E-state index contributed by atoms with van der Waals surface area (Å²) in [4.78, 5) is 12.3. The summed E-state index contributed by atoms with van der Waals surface area (Å²) in [6.45, 7) is 2.17. The Balaban J connectivity index is 1.88. The van der Waals surface area contributed by atoms with Crippen LogP contribution in [0.4, 0.5) is 0 Å². The number of rotatable bonds is 2. The summed E-state index contributed by atoms with van der Waals surface area (Å²) in [5.74, 6) is 0.667. The van der Waals surface area contributed by atoms with E-state index in [1.807, 2.05) is 0 Å². The van der Waals surface area contributed by atoms with Crippen molar-refractivity contribution in [1.29, 1.82) is 0 Å². The maximum atomic E-state index is 12.3. The third kappa shape index (κ3) is 4.18. The average Bonchev–Trinajstić information content (AvgIpc) is 2.54. The van der Waals surface area contributed by atoms with Gasteiger partial charge in [-0.25, -0.2) is 0 Å². The van der Waals surface area contributed by atoms with Crippen LogP contribution in [0.1, 0.15) is 58.3 Å². The van der Waals surface area contributed by atoms with Crippen molar-refractivity contribution in [1.82, 2.24) is 5.32 Å². The summed E-state index contributed by atoms with van der Waals surface area (Å²) >= 11 is 0. The lowest BCUT2D eigenvalue weighted by Crippen LogP contribution is -2.47. The molecule has 110 valence electrons. The number of hydrogen-bond donors (Lipinski definition) is 3. The lowest BCUT2D eigenvalue weighted by Gasteiger charge is -2.32. The van der Waals surface area contributed by atoms with Crippen molar-refractivity contribution in [3.05, 3.63) is 0 Å². The first-order valence-electron chi connectivity index (χ1n) is 7.80. The summed E-state index contributed by atoms with van der Waals surface area (Å²) in [6, 6.07) is 0.0991. The second-order valence-electron chi connectivity index (χ2n) is 6.59. The van der Waals surface area contributed by atoms with Crippen LogP contribution in [0.15, 0.2) is 0 Å². The highest BCUT2D eigenvalue weighted by atomic mass is 16.3. The monoisotopic (exact) mass is 268 g/mol. The Hall–Kier alpha value is -0.610. The molecule has 0 heterocycles. The van der Waals surface area contributed by atoms with Gasteiger partial charge in [-0.15, -0.1) is 0 Å². The van der Waals surface area contributed by atoms with Crippen molar-refractivity contribution in [2.75, 3.05) is 0 Å². The normalized spacial score (nSPS) is 40.5. The minimum atomic E-state index is -0.374. The van der Waals surface area contributed by atoms with E-state index >= 15 is 0 Å². The summed E-state index contributed by atoms with van der Waals surface area (Å²) in [5, 5.41) is 13.1. The van der Waals surface area contributed by atoms with E-state index in [1.165, 1.54) is 0 Å². The third-order valence-corrected chi connectivity index (χ3v) is 4.66. The standard InChI is InChI=1S/C15H28N2O2/c1-10-7-11(9-12(16)8-10)15(19)17-13-5-3-2-4-6-14(13)18/h10-14,18H,2-9,16H2,1H3,(H,17,19). The number of hydrogen-bond acceptors (Lipinski definition) is 3. The summed E-state index contributed by atoms with van der Waals surface area (Å²) in [6.07, 6.45) is 7.42. The van der Waals surface area contributed by atoms with E-state index in [4.69, 9.17) is 5.73 Å². The van der Waals surface area contributed by atoms with Crippen molar-refractivity contribution in [2.24, 2.45) is 17.6 Å². The Morgan fingerprint density at radius 2 is 1.89 bits per heavy atom. The molecule has 5 unspecified atom stereocenters. The van der Waals surface area contributed by atoms with Gasteiger partial charge in [0.1, 0.15) is 0 Å². The lowest BCUT2D eigenvalue weighted by atomic mass is 9.79. The SMILES string of the molecule is CC1CC(N)CC(C(=O)NC2CCCCCC2O)C1. The van der Waals surface area contributed by atoms with Crippen LogP contribution in [0, 0.1) is 11.8 Å². The molecule has 1 amide bonds. The Labute approximate surface area is 116 Å². The van der Waals surface area contributed by atoms with Crippen LogP contribution in [0.3, 0.4) is 0 Å². The molecule has 0 saturated heterocycles. The fraction of sp³-hybridized carbons (Fsp3) is 0.933. The highest BCUT2D eigenvalue weighted by molar-refractivity contribution is 5.79. The predicted molar refractivity (Wildman–Crippen MR) is 75.5 cm³/mol. The highest BCUT2D eigenvalue weighted by Crippen LogP contribution is 2.28. The smallest absolute Gasteiger partial charge is 0.223 e. The van der Waals surface area contributed by atoms with Crippen molar-refractivity contribution in [3.8, 4) is 0 Å². The molecule has 4 N–H and O–H groups in total. The molecule has 2 saturated carbocycles. The number of nitrogens with one attached hydrogen (secondary N) is 1. The van der Waals surface area contributed by atoms with Crippen molar-refractivity contribution in [2.45, 2.75) is 76.5 Å².